The number of rotatable bonds is 4. The topological polar surface area (TPSA) is 77.4 Å². The number of benzene rings is 2. The Morgan fingerprint density at radius 1 is 1.03 bits per heavy atom. The quantitative estimate of drug-likeness (QED) is 0.745. The summed E-state index contributed by atoms with van der Waals surface area (Å²) in [5, 5.41) is 4.16. The van der Waals surface area contributed by atoms with Crippen molar-refractivity contribution in [3.8, 4) is 11.5 Å². The highest BCUT2D eigenvalue weighted by atomic mass is 16.7. The smallest absolute Gasteiger partial charge is 0.281 e. The van der Waals surface area contributed by atoms with Crippen molar-refractivity contribution in [3.05, 3.63) is 53.1 Å². The third-order valence-corrected chi connectivity index (χ3v) is 5.44. The largest absolute Gasteiger partial charge is 0.497 e. The average molecular weight is 394 g/mol. The minimum Gasteiger partial charge on any atom is -0.497 e. The van der Waals surface area contributed by atoms with Crippen LogP contribution in [0.1, 0.15) is 29.5 Å². The van der Waals surface area contributed by atoms with E-state index in [1.165, 1.54) is 4.90 Å². The number of carbonyl (C=O) groups is 2. The van der Waals surface area contributed by atoms with Crippen molar-refractivity contribution < 1.29 is 23.9 Å². The van der Waals surface area contributed by atoms with Gasteiger partial charge in [0.1, 0.15) is 11.5 Å². The van der Waals surface area contributed by atoms with Crippen LogP contribution in [-0.4, -0.2) is 37.3 Å². The molecule has 150 valence electrons. The van der Waals surface area contributed by atoms with Gasteiger partial charge in [-0.1, -0.05) is 23.4 Å². The lowest BCUT2D eigenvalue weighted by atomic mass is 9.92. The monoisotopic (exact) mass is 394 g/mol. The van der Waals surface area contributed by atoms with E-state index >= 15 is 0 Å². The number of hydrogen-bond acceptors (Lipinski definition) is 6. The zero-order chi connectivity index (χ0) is 20.8. The molecule has 7 nitrogen and oxygen atoms in total. The van der Waals surface area contributed by atoms with Crippen LogP contribution in [0.15, 0.2) is 41.6 Å². The van der Waals surface area contributed by atoms with E-state index in [4.69, 9.17) is 14.3 Å². The first-order chi connectivity index (χ1) is 13.9. The molecule has 0 N–H and O–H groups in total. The van der Waals surface area contributed by atoms with Gasteiger partial charge >= 0.3 is 0 Å². The van der Waals surface area contributed by atoms with E-state index in [1.54, 1.807) is 32.4 Å². The number of hydrogen-bond donors (Lipinski definition) is 0. The van der Waals surface area contributed by atoms with Crippen molar-refractivity contribution in [1.82, 2.24) is 0 Å². The first kappa shape index (κ1) is 19.0. The molecule has 0 bridgehead atoms. The zero-order valence-electron chi connectivity index (χ0n) is 16.8. The van der Waals surface area contributed by atoms with E-state index in [0.717, 1.165) is 11.1 Å². The van der Waals surface area contributed by atoms with Gasteiger partial charge in [0.2, 0.25) is 11.5 Å². The van der Waals surface area contributed by atoms with Crippen molar-refractivity contribution in [2.75, 3.05) is 19.1 Å². The number of para-hydroxylation sites is 1. The van der Waals surface area contributed by atoms with Gasteiger partial charge in [-0.05, 0) is 43.2 Å². The predicted octanol–water partition coefficient (Wildman–Crippen LogP) is 3.15. The highest BCUT2D eigenvalue weighted by Crippen LogP contribution is 2.42. The second-order valence-corrected chi connectivity index (χ2v) is 7.32. The van der Waals surface area contributed by atoms with Crippen molar-refractivity contribution in [1.29, 1.82) is 0 Å². The van der Waals surface area contributed by atoms with Gasteiger partial charge in [0.25, 0.3) is 5.91 Å². The lowest BCUT2D eigenvalue weighted by Crippen LogP contribution is -2.41. The molecule has 0 aliphatic carbocycles. The van der Waals surface area contributed by atoms with Gasteiger partial charge in [-0.3, -0.25) is 9.59 Å². The van der Waals surface area contributed by atoms with Gasteiger partial charge in [-0.2, -0.15) is 0 Å². The molecule has 2 amide bonds. The molecule has 2 aliphatic heterocycles. The second-order valence-electron chi connectivity index (χ2n) is 7.32. The van der Waals surface area contributed by atoms with E-state index in [9.17, 15) is 9.59 Å². The van der Waals surface area contributed by atoms with Crippen molar-refractivity contribution in [2.45, 2.75) is 32.3 Å². The summed E-state index contributed by atoms with van der Waals surface area (Å²) in [6.45, 7) is 3.76. The number of aryl methyl sites for hydroxylation is 2. The van der Waals surface area contributed by atoms with Crippen LogP contribution in [0, 0.1) is 13.8 Å². The van der Waals surface area contributed by atoms with Gasteiger partial charge in [-0.15, -0.1) is 0 Å². The van der Waals surface area contributed by atoms with Crippen molar-refractivity contribution in [3.63, 3.8) is 0 Å². The number of imide groups is 1. The summed E-state index contributed by atoms with van der Waals surface area (Å²) in [6.07, 6.45) is 0.126. The van der Waals surface area contributed by atoms with E-state index in [-0.39, 0.29) is 24.7 Å². The number of anilines is 1. The van der Waals surface area contributed by atoms with Crippen LogP contribution in [0.4, 0.5) is 5.69 Å². The van der Waals surface area contributed by atoms with Crippen LogP contribution in [0.2, 0.25) is 0 Å². The van der Waals surface area contributed by atoms with Crippen LogP contribution in [0.5, 0.6) is 11.5 Å². The maximum absolute atomic E-state index is 13.4. The Morgan fingerprint density at radius 2 is 1.76 bits per heavy atom. The molecule has 7 heteroatoms. The molecule has 0 saturated carbocycles. The predicted molar refractivity (Wildman–Crippen MR) is 108 cm³/mol. The summed E-state index contributed by atoms with van der Waals surface area (Å²) in [5.74, 6) is 0.547. The van der Waals surface area contributed by atoms with Crippen LogP contribution in [0.25, 0.3) is 0 Å². The Balaban J connectivity index is 1.68. The first-order valence-electron chi connectivity index (χ1n) is 9.31. The highest BCUT2D eigenvalue weighted by molar-refractivity contribution is 6.26. The molecule has 2 aliphatic rings. The Morgan fingerprint density at radius 3 is 2.41 bits per heavy atom. The molecule has 0 aromatic heterocycles. The molecule has 1 saturated heterocycles. The maximum atomic E-state index is 13.4. The summed E-state index contributed by atoms with van der Waals surface area (Å²) in [5.41, 5.74) is 2.24. The molecular formula is C22H22N2O5. The number of amides is 2. The van der Waals surface area contributed by atoms with E-state index in [1.807, 2.05) is 32.0 Å². The molecule has 2 aromatic carbocycles. The number of carbonyl (C=O) groups excluding carboxylic acids is 2. The van der Waals surface area contributed by atoms with Gasteiger partial charge in [0.05, 0.1) is 32.0 Å². The van der Waals surface area contributed by atoms with Crippen LogP contribution in [0.3, 0.4) is 0 Å². The van der Waals surface area contributed by atoms with Gasteiger partial charge in [-0.25, -0.2) is 4.90 Å². The molecule has 1 atom stereocenters. The van der Waals surface area contributed by atoms with Crippen molar-refractivity contribution in [2.24, 2.45) is 5.16 Å². The van der Waals surface area contributed by atoms with Crippen LogP contribution in [-0.2, 0) is 14.4 Å². The van der Waals surface area contributed by atoms with Gasteiger partial charge in [0.15, 0.2) is 0 Å². The highest BCUT2D eigenvalue weighted by Gasteiger charge is 2.58. The molecule has 2 aromatic rings. The third kappa shape index (κ3) is 2.93. The Kier molecular flexibility index (Phi) is 4.53. The molecular weight excluding hydrogens is 372 g/mol. The van der Waals surface area contributed by atoms with E-state index < -0.39 is 5.60 Å². The molecule has 4 rings (SSSR count). The Bertz CT molecular complexity index is 1030. The fourth-order valence-electron chi connectivity index (χ4n) is 3.97. The average Bonchev–Trinajstić information content (AvgIpc) is 3.24. The summed E-state index contributed by atoms with van der Waals surface area (Å²) < 4.78 is 10.7. The maximum Gasteiger partial charge on any atom is 0.281 e. The lowest BCUT2D eigenvalue weighted by Gasteiger charge is -2.22. The SMILES string of the molecule is COc1ccc(OC)c(C2=NOC3(CC(=O)N(c4c(C)cccc4C)C3=O)C2)c1. The van der Waals surface area contributed by atoms with E-state index in [0.29, 0.717) is 28.5 Å². The minimum absolute atomic E-state index is 0.0567. The summed E-state index contributed by atoms with van der Waals surface area (Å²) >= 11 is 0. The number of methoxy groups -OCH3 is 2. The lowest BCUT2D eigenvalue weighted by molar-refractivity contribution is -0.136. The Labute approximate surface area is 168 Å². The Hall–Kier alpha value is -3.35. The molecule has 2 heterocycles. The van der Waals surface area contributed by atoms with Gasteiger partial charge < -0.3 is 14.3 Å². The second kappa shape index (κ2) is 6.92. The fraction of sp³-hybridized carbons (Fsp3) is 0.318. The zero-order valence-corrected chi connectivity index (χ0v) is 16.8. The summed E-state index contributed by atoms with van der Waals surface area (Å²) in [6, 6.07) is 11.0. The number of nitrogens with zero attached hydrogens (tertiary/aromatic N) is 2. The fourth-order valence-corrected chi connectivity index (χ4v) is 3.97. The first-order valence-corrected chi connectivity index (χ1v) is 9.31. The number of ether oxygens (including phenoxy) is 2. The standard InChI is InChI=1S/C22H22N2O5/c1-13-6-5-7-14(2)20(13)24-19(25)12-22(21(24)26)11-17(23-29-22)16-10-15(27-3)8-9-18(16)28-4/h5-10H,11-12H2,1-4H3. The van der Waals surface area contributed by atoms with Gasteiger partial charge in [0, 0.05) is 12.0 Å². The van der Waals surface area contributed by atoms with Crippen LogP contribution < -0.4 is 14.4 Å². The molecule has 1 fully saturated rings. The minimum atomic E-state index is -1.32. The van der Waals surface area contributed by atoms with Crippen LogP contribution >= 0.6 is 0 Å². The van der Waals surface area contributed by atoms with E-state index in [2.05, 4.69) is 5.16 Å². The molecule has 1 unspecified atom stereocenters. The number of oxime groups is 1. The molecule has 29 heavy (non-hydrogen) atoms. The normalized spacial score (nSPS) is 20.8. The summed E-state index contributed by atoms with van der Waals surface area (Å²) in [4.78, 5) is 33.1. The third-order valence-electron chi connectivity index (χ3n) is 5.44. The molecule has 0 radical (unpaired) electrons. The van der Waals surface area contributed by atoms with Crippen molar-refractivity contribution >= 4 is 23.2 Å². The molecule has 1 spiro atoms. The summed E-state index contributed by atoms with van der Waals surface area (Å²) in [7, 11) is 3.13.